The van der Waals surface area contributed by atoms with Gasteiger partial charge in [0.05, 0.1) is 14.2 Å². The summed E-state index contributed by atoms with van der Waals surface area (Å²) in [5.74, 6) is 2.46. The maximum atomic E-state index is 5.42. The molecular weight excluding hydrogens is 529 g/mol. The monoisotopic (exact) mass is 563 g/mol. The smallest absolute Gasteiger partial charge is 0.191 e. The van der Waals surface area contributed by atoms with Crippen LogP contribution in [0.3, 0.4) is 0 Å². The Morgan fingerprint density at radius 2 is 1.91 bits per heavy atom. The minimum absolute atomic E-state index is 0. The van der Waals surface area contributed by atoms with Gasteiger partial charge in [-0.3, -0.25) is 4.99 Å². The lowest BCUT2D eigenvalue weighted by Gasteiger charge is -2.21. The summed E-state index contributed by atoms with van der Waals surface area (Å²) in [6.45, 7) is 4.81. The van der Waals surface area contributed by atoms with E-state index in [9.17, 15) is 0 Å². The Labute approximate surface area is 213 Å². The maximum absolute atomic E-state index is 5.42. The van der Waals surface area contributed by atoms with Gasteiger partial charge >= 0.3 is 0 Å². The zero-order valence-corrected chi connectivity index (χ0v) is 22.1. The number of aromatic nitrogens is 1. The highest BCUT2D eigenvalue weighted by atomic mass is 127. The van der Waals surface area contributed by atoms with Crippen LogP contribution in [0.1, 0.15) is 17.5 Å². The first-order valence-electron chi connectivity index (χ1n) is 11.1. The Morgan fingerprint density at radius 1 is 1.15 bits per heavy atom. The van der Waals surface area contributed by atoms with E-state index in [1.807, 2.05) is 13.1 Å². The molecule has 1 aliphatic heterocycles. The second-order valence-corrected chi connectivity index (χ2v) is 8.26. The number of rotatable bonds is 7. The van der Waals surface area contributed by atoms with Gasteiger partial charge in [0.1, 0.15) is 11.5 Å². The summed E-state index contributed by atoms with van der Waals surface area (Å²) in [5, 5.41) is 8.33. The lowest BCUT2D eigenvalue weighted by molar-refractivity contribution is 0.394. The molecule has 178 valence electrons. The molecule has 8 heteroatoms. The fraction of sp³-hybridized carbons (Fsp3) is 0.400. The summed E-state index contributed by atoms with van der Waals surface area (Å²) in [6.07, 6.45) is 4.09. The second kappa shape index (κ2) is 11.5. The summed E-state index contributed by atoms with van der Waals surface area (Å²) >= 11 is 0. The number of ether oxygens (including phenoxy) is 2. The van der Waals surface area contributed by atoms with Crippen LogP contribution in [-0.2, 0) is 6.42 Å². The Kier molecular flexibility index (Phi) is 8.71. The highest BCUT2D eigenvalue weighted by molar-refractivity contribution is 14.0. The minimum Gasteiger partial charge on any atom is -0.497 e. The van der Waals surface area contributed by atoms with Gasteiger partial charge in [-0.1, -0.05) is 12.1 Å². The van der Waals surface area contributed by atoms with Crippen LogP contribution in [0.25, 0.3) is 10.9 Å². The molecule has 33 heavy (non-hydrogen) atoms. The summed E-state index contributed by atoms with van der Waals surface area (Å²) in [6, 6.07) is 12.9. The SMILES string of the molecule is CN=C(NCCc1c[nH]c2cc(C)ccc12)NC1CCN(c2cc(OC)cc(OC)c2)C1.I. The van der Waals surface area contributed by atoms with Crippen LogP contribution in [0, 0.1) is 6.92 Å². The molecule has 7 nitrogen and oxygen atoms in total. The van der Waals surface area contributed by atoms with Crippen molar-refractivity contribution in [2.24, 2.45) is 4.99 Å². The average Bonchev–Trinajstić information content (AvgIpc) is 3.44. The number of methoxy groups -OCH3 is 2. The molecule has 0 spiro atoms. The number of hydrogen-bond donors (Lipinski definition) is 3. The topological polar surface area (TPSA) is 73.9 Å². The Bertz CT molecular complexity index is 1080. The number of H-pyrrole nitrogens is 1. The number of aryl methyl sites for hydroxylation is 1. The van der Waals surface area contributed by atoms with Crippen LogP contribution in [0.15, 0.2) is 47.6 Å². The number of aromatic amines is 1. The van der Waals surface area contributed by atoms with Crippen molar-refractivity contribution in [3.05, 3.63) is 53.7 Å². The van der Waals surface area contributed by atoms with Gasteiger partial charge < -0.3 is 30.0 Å². The lowest BCUT2D eigenvalue weighted by atomic mass is 10.1. The molecule has 1 fully saturated rings. The van der Waals surface area contributed by atoms with Crippen LogP contribution in [0.5, 0.6) is 11.5 Å². The Morgan fingerprint density at radius 3 is 2.61 bits per heavy atom. The molecule has 2 aromatic carbocycles. The molecule has 0 saturated carbocycles. The third-order valence-electron chi connectivity index (χ3n) is 6.06. The lowest BCUT2D eigenvalue weighted by Crippen LogP contribution is -2.45. The molecule has 1 atom stereocenters. The van der Waals surface area contributed by atoms with Crippen molar-refractivity contribution in [2.75, 3.05) is 45.8 Å². The number of benzene rings is 2. The van der Waals surface area contributed by atoms with Crippen LogP contribution < -0.4 is 25.0 Å². The van der Waals surface area contributed by atoms with E-state index in [0.717, 1.165) is 55.6 Å². The molecule has 0 radical (unpaired) electrons. The van der Waals surface area contributed by atoms with E-state index in [0.29, 0.717) is 6.04 Å². The molecule has 2 heterocycles. The first-order chi connectivity index (χ1) is 15.6. The Hall–Kier alpha value is -2.62. The van der Waals surface area contributed by atoms with Gasteiger partial charge in [0, 0.05) is 73.7 Å². The number of halogens is 1. The van der Waals surface area contributed by atoms with Crippen LogP contribution in [-0.4, -0.2) is 57.9 Å². The predicted octanol–water partition coefficient (Wildman–Crippen LogP) is 4.10. The van der Waals surface area contributed by atoms with Crippen LogP contribution >= 0.6 is 24.0 Å². The van der Waals surface area contributed by atoms with Gasteiger partial charge in [-0.05, 0) is 37.0 Å². The quantitative estimate of drug-likeness (QED) is 0.230. The number of fused-ring (bicyclic) bond motifs is 1. The van der Waals surface area contributed by atoms with Crippen molar-refractivity contribution in [3.8, 4) is 11.5 Å². The molecule has 1 aromatic heterocycles. The molecule has 1 unspecified atom stereocenters. The highest BCUT2D eigenvalue weighted by Crippen LogP contribution is 2.30. The number of hydrogen-bond acceptors (Lipinski definition) is 4. The summed E-state index contributed by atoms with van der Waals surface area (Å²) in [5.41, 5.74) is 4.90. The fourth-order valence-corrected chi connectivity index (χ4v) is 4.30. The van der Waals surface area contributed by atoms with Gasteiger partial charge in [-0.15, -0.1) is 24.0 Å². The second-order valence-electron chi connectivity index (χ2n) is 8.26. The van der Waals surface area contributed by atoms with E-state index in [4.69, 9.17) is 9.47 Å². The van der Waals surface area contributed by atoms with E-state index >= 15 is 0 Å². The van der Waals surface area contributed by atoms with Gasteiger partial charge in [0.15, 0.2) is 5.96 Å². The van der Waals surface area contributed by atoms with Crippen LogP contribution in [0.2, 0.25) is 0 Å². The maximum Gasteiger partial charge on any atom is 0.191 e. The molecule has 0 bridgehead atoms. The van der Waals surface area contributed by atoms with Gasteiger partial charge in [-0.2, -0.15) is 0 Å². The zero-order chi connectivity index (χ0) is 22.5. The standard InChI is InChI=1S/C25H33N5O2.HI/c1-17-5-6-23-18(15-28-24(23)11-17)7-9-27-25(26-2)29-19-8-10-30(16-19)20-12-21(31-3)14-22(13-20)32-4;/h5-6,11-15,19,28H,7-10,16H2,1-4H3,(H2,26,27,29);1H. The molecule has 3 N–H and O–H groups in total. The average molecular weight is 563 g/mol. The Balaban J connectivity index is 0.00000306. The number of nitrogens with one attached hydrogen (secondary N) is 3. The number of anilines is 1. The van der Waals surface area contributed by atoms with Crippen molar-refractivity contribution in [1.29, 1.82) is 0 Å². The molecule has 1 saturated heterocycles. The van der Waals surface area contributed by atoms with E-state index in [-0.39, 0.29) is 24.0 Å². The highest BCUT2D eigenvalue weighted by Gasteiger charge is 2.24. The molecule has 1 aliphatic rings. The zero-order valence-electron chi connectivity index (χ0n) is 19.8. The van der Waals surface area contributed by atoms with Gasteiger partial charge in [0.2, 0.25) is 0 Å². The van der Waals surface area contributed by atoms with E-state index < -0.39 is 0 Å². The van der Waals surface area contributed by atoms with Crippen LogP contribution in [0.4, 0.5) is 5.69 Å². The van der Waals surface area contributed by atoms with E-state index in [1.54, 1.807) is 14.2 Å². The first-order valence-corrected chi connectivity index (χ1v) is 11.1. The van der Waals surface area contributed by atoms with Crippen molar-refractivity contribution >= 4 is 46.5 Å². The van der Waals surface area contributed by atoms with Gasteiger partial charge in [-0.25, -0.2) is 0 Å². The van der Waals surface area contributed by atoms with Crippen molar-refractivity contribution in [2.45, 2.75) is 25.8 Å². The third-order valence-corrected chi connectivity index (χ3v) is 6.06. The first kappa shape index (κ1) is 25.0. The molecular formula is C25H34IN5O2. The third kappa shape index (κ3) is 6.04. The number of nitrogens with zero attached hydrogens (tertiary/aromatic N) is 2. The van der Waals surface area contributed by atoms with Crippen molar-refractivity contribution in [3.63, 3.8) is 0 Å². The predicted molar refractivity (Wildman–Crippen MR) is 147 cm³/mol. The summed E-state index contributed by atoms with van der Waals surface area (Å²) in [4.78, 5) is 10.2. The summed E-state index contributed by atoms with van der Waals surface area (Å²) < 4.78 is 10.8. The molecule has 0 amide bonds. The minimum atomic E-state index is 0. The van der Waals surface area contributed by atoms with E-state index in [1.165, 1.54) is 22.0 Å². The normalized spacial score (nSPS) is 15.9. The van der Waals surface area contributed by atoms with Crippen molar-refractivity contribution in [1.82, 2.24) is 15.6 Å². The fourth-order valence-electron chi connectivity index (χ4n) is 4.30. The largest absolute Gasteiger partial charge is 0.497 e. The number of guanidine groups is 1. The van der Waals surface area contributed by atoms with Gasteiger partial charge in [0.25, 0.3) is 0 Å². The number of aliphatic imine (C=N–C) groups is 1. The summed E-state index contributed by atoms with van der Waals surface area (Å²) in [7, 11) is 5.18. The molecule has 0 aliphatic carbocycles. The van der Waals surface area contributed by atoms with E-state index in [2.05, 4.69) is 69.0 Å². The van der Waals surface area contributed by atoms with Crippen molar-refractivity contribution < 1.29 is 9.47 Å². The molecule has 4 rings (SSSR count). The molecule has 3 aromatic rings.